The molecule has 1 aliphatic heterocycles. The predicted molar refractivity (Wildman–Crippen MR) is 168 cm³/mol. The van der Waals surface area contributed by atoms with Crippen molar-refractivity contribution in [2.24, 2.45) is 5.92 Å². The summed E-state index contributed by atoms with van der Waals surface area (Å²) in [6, 6.07) is 34.1. The molecule has 1 fully saturated rings. The number of Topliss-reactive ketones (excluding diaryl/α,β-unsaturated/α-hetero) is 1. The van der Waals surface area contributed by atoms with Gasteiger partial charge in [0.15, 0.2) is 5.78 Å². The van der Waals surface area contributed by atoms with E-state index in [0.29, 0.717) is 6.42 Å². The second kappa shape index (κ2) is 11.8. The van der Waals surface area contributed by atoms with Crippen molar-refractivity contribution >= 4 is 34.0 Å². The number of unbranched alkanes of at least 4 members (excludes halogenated alkanes) is 1. The topological polar surface area (TPSA) is 20.1 Å². The SMILES string of the molecule is CC(=O)C1(Cc2ccccc2)C(/C=C/c2ccccc2)=[N+](CCCCC2CCCC2)c2ccc3ccccc3c21. The highest BCUT2D eigenvalue weighted by Gasteiger charge is 2.55. The van der Waals surface area contributed by atoms with Gasteiger partial charge in [0, 0.05) is 18.6 Å². The van der Waals surface area contributed by atoms with Crippen LogP contribution in [-0.2, 0) is 16.6 Å². The second-order valence-corrected chi connectivity index (χ2v) is 11.7. The average molecular weight is 527 g/mol. The maximum atomic E-state index is 14.2. The molecule has 1 atom stereocenters. The van der Waals surface area contributed by atoms with Crippen LogP contribution in [0.3, 0.4) is 0 Å². The molecule has 0 aromatic heterocycles. The first kappa shape index (κ1) is 26.4. The molecule has 0 spiro atoms. The van der Waals surface area contributed by atoms with Gasteiger partial charge in [0.2, 0.25) is 11.4 Å². The summed E-state index contributed by atoms with van der Waals surface area (Å²) in [7, 11) is 0. The predicted octanol–water partition coefficient (Wildman–Crippen LogP) is 9.08. The van der Waals surface area contributed by atoms with E-state index in [-0.39, 0.29) is 5.78 Å². The first-order chi connectivity index (χ1) is 19.7. The number of hydrogen-bond acceptors (Lipinski definition) is 1. The molecule has 1 unspecified atom stereocenters. The van der Waals surface area contributed by atoms with Gasteiger partial charge in [-0.2, -0.15) is 4.58 Å². The molecule has 6 rings (SSSR count). The van der Waals surface area contributed by atoms with Gasteiger partial charge in [-0.25, -0.2) is 0 Å². The number of carbonyl (C=O) groups excluding carboxylic acids is 1. The molecule has 0 saturated heterocycles. The van der Waals surface area contributed by atoms with E-state index in [1.54, 1.807) is 6.92 Å². The minimum Gasteiger partial charge on any atom is -0.298 e. The number of nitrogens with zero attached hydrogens (tertiary/aromatic N) is 1. The third-order valence-corrected chi connectivity index (χ3v) is 9.22. The number of hydrogen-bond donors (Lipinski definition) is 0. The van der Waals surface area contributed by atoms with Gasteiger partial charge in [0.1, 0.15) is 12.0 Å². The maximum Gasteiger partial charge on any atom is 0.210 e. The quantitative estimate of drug-likeness (QED) is 0.149. The van der Waals surface area contributed by atoms with Crippen LogP contribution in [0.2, 0.25) is 0 Å². The lowest BCUT2D eigenvalue weighted by molar-refractivity contribution is -0.438. The normalized spacial score (nSPS) is 19.1. The summed E-state index contributed by atoms with van der Waals surface area (Å²) in [6.45, 7) is 2.73. The molecule has 0 bridgehead atoms. The van der Waals surface area contributed by atoms with Gasteiger partial charge in [0.25, 0.3) is 0 Å². The van der Waals surface area contributed by atoms with Crippen LogP contribution in [0.4, 0.5) is 5.69 Å². The van der Waals surface area contributed by atoms with Gasteiger partial charge in [-0.05, 0) is 59.7 Å². The molecule has 2 nitrogen and oxygen atoms in total. The fraction of sp³-hybridized carbons (Fsp3) is 0.316. The number of allylic oxidation sites excluding steroid dienone is 1. The number of benzene rings is 4. The maximum absolute atomic E-state index is 14.2. The summed E-state index contributed by atoms with van der Waals surface area (Å²) in [4.78, 5) is 14.2. The minimum atomic E-state index is -0.756. The van der Waals surface area contributed by atoms with Gasteiger partial charge < -0.3 is 0 Å². The van der Waals surface area contributed by atoms with E-state index < -0.39 is 5.41 Å². The zero-order valence-electron chi connectivity index (χ0n) is 23.7. The molecule has 1 saturated carbocycles. The standard InChI is InChI=1S/C38H40NO/c1-29(40)38(28-32-19-6-3-7-20-32)36(26-23-31-14-4-2-5-15-31)39(27-13-12-18-30-16-8-9-17-30)35-25-24-33-21-10-11-22-34(33)37(35)38/h2-7,10-11,14-15,19-26,30H,8-9,12-13,16-18,27-28H2,1H3/q+1/b26-23+. The van der Waals surface area contributed by atoms with Crippen molar-refractivity contribution in [3.05, 3.63) is 120 Å². The lowest BCUT2D eigenvalue weighted by Crippen LogP contribution is -2.43. The van der Waals surface area contributed by atoms with Gasteiger partial charge in [-0.1, -0.05) is 117 Å². The van der Waals surface area contributed by atoms with Crippen molar-refractivity contribution in [2.45, 2.75) is 63.7 Å². The molecule has 2 aliphatic rings. The van der Waals surface area contributed by atoms with E-state index in [0.717, 1.165) is 30.2 Å². The zero-order chi connectivity index (χ0) is 27.4. The highest BCUT2D eigenvalue weighted by Crippen LogP contribution is 2.47. The van der Waals surface area contributed by atoms with Crippen molar-refractivity contribution in [3.63, 3.8) is 0 Å². The Hall–Kier alpha value is -3.78. The van der Waals surface area contributed by atoms with Crippen LogP contribution < -0.4 is 0 Å². The van der Waals surface area contributed by atoms with Crippen LogP contribution >= 0.6 is 0 Å². The van der Waals surface area contributed by atoms with E-state index in [4.69, 9.17) is 0 Å². The third-order valence-electron chi connectivity index (χ3n) is 9.22. The molecule has 0 amide bonds. The Morgan fingerprint density at radius 3 is 2.27 bits per heavy atom. The van der Waals surface area contributed by atoms with E-state index in [2.05, 4.69) is 108 Å². The first-order valence-electron chi connectivity index (χ1n) is 15.1. The van der Waals surface area contributed by atoms with Crippen molar-refractivity contribution in [1.29, 1.82) is 0 Å². The van der Waals surface area contributed by atoms with Crippen LogP contribution in [0.5, 0.6) is 0 Å². The molecule has 1 heterocycles. The third kappa shape index (κ3) is 5.08. The molecule has 4 aromatic rings. The van der Waals surface area contributed by atoms with Crippen LogP contribution in [-0.4, -0.2) is 22.6 Å². The van der Waals surface area contributed by atoms with Crippen molar-refractivity contribution in [1.82, 2.24) is 0 Å². The highest BCUT2D eigenvalue weighted by atomic mass is 16.1. The van der Waals surface area contributed by atoms with Crippen molar-refractivity contribution in [2.75, 3.05) is 6.54 Å². The monoisotopic (exact) mass is 526 g/mol. The van der Waals surface area contributed by atoms with Crippen molar-refractivity contribution < 1.29 is 9.37 Å². The fourth-order valence-electron chi connectivity index (χ4n) is 7.20. The van der Waals surface area contributed by atoms with Crippen LogP contribution in [0.1, 0.15) is 68.6 Å². The number of fused-ring (bicyclic) bond motifs is 3. The lowest BCUT2D eigenvalue weighted by atomic mass is 9.68. The Labute approximate surface area is 239 Å². The molecule has 0 radical (unpaired) electrons. The fourth-order valence-corrected chi connectivity index (χ4v) is 7.20. The number of carbonyl (C=O) groups is 1. The number of rotatable bonds is 10. The van der Waals surface area contributed by atoms with Crippen LogP contribution in [0, 0.1) is 5.92 Å². The largest absolute Gasteiger partial charge is 0.298 e. The van der Waals surface area contributed by atoms with E-state index in [1.807, 2.05) is 6.07 Å². The molecule has 2 heteroatoms. The summed E-state index contributed by atoms with van der Waals surface area (Å²) in [6.07, 6.45) is 14.4. The Kier molecular flexibility index (Phi) is 7.77. The van der Waals surface area contributed by atoms with E-state index in [9.17, 15) is 4.79 Å². The average Bonchev–Trinajstić information content (AvgIpc) is 3.60. The van der Waals surface area contributed by atoms with Crippen molar-refractivity contribution in [3.8, 4) is 0 Å². The highest BCUT2D eigenvalue weighted by molar-refractivity contribution is 6.22. The molecule has 40 heavy (non-hydrogen) atoms. The summed E-state index contributed by atoms with van der Waals surface area (Å²) in [5.41, 5.74) is 5.05. The number of ketones is 1. The summed E-state index contributed by atoms with van der Waals surface area (Å²) in [5.74, 6) is 1.11. The molecule has 202 valence electrons. The van der Waals surface area contributed by atoms with Crippen LogP contribution in [0.25, 0.3) is 16.8 Å². The molecule has 1 aliphatic carbocycles. The molecular weight excluding hydrogens is 486 g/mol. The zero-order valence-corrected chi connectivity index (χ0v) is 23.7. The Balaban J connectivity index is 1.51. The smallest absolute Gasteiger partial charge is 0.210 e. The Bertz CT molecular complexity index is 1540. The van der Waals surface area contributed by atoms with Gasteiger partial charge in [0.05, 0.1) is 5.56 Å². The first-order valence-corrected chi connectivity index (χ1v) is 15.1. The summed E-state index contributed by atoms with van der Waals surface area (Å²) >= 11 is 0. The molecule has 0 N–H and O–H groups in total. The summed E-state index contributed by atoms with van der Waals surface area (Å²) in [5, 5.41) is 2.37. The Morgan fingerprint density at radius 1 is 0.825 bits per heavy atom. The summed E-state index contributed by atoms with van der Waals surface area (Å²) < 4.78 is 2.49. The molecule has 4 aromatic carbocycles. The second-order valence-electron chi connectivity index (χ2n) is 11.7. The Morgan fingerprint density at radius 2 is 1.52 bits per heavy atom. The van der Waals surface area contributed by atoms with Gasteiger partial charge in [-0.3, -0.25) is 4.79 Å². The van der Waals surface area contributed by atoms with Gasteiger partial charge in [-0.15, -0.1) is 0 Å². The van der Waals surface area contributed by atoms with Crippen LogP contribution in [0.15, 0.2) is 103 Å². The van der Waals surface area contributed by atoms with Gasteiger partial charge >= 0.3 is 0 Å². The molecular formula is C38H40NO+. The lowest BCUT2D eigenvalue weighted by Gasteiger charge is -2.26. The minimum absolute atomic E-state index is 0.204. The van der Waals surface area contributed by atoms with E-state index in [1.165, 1.54) is 66.1 Å². The van der Waals surface area contributed by atoms with E-state index >= 15 is 0 Å².